The number of amides is 2. The smallest absolute Gasteiger partial charge is 0.339 e. The summed E-state index contributed by atoms with van der Waals surface area (Å²) in [6.07, 6.45) is 0.0176. The monoisotopic (exact) mass is 391 g/mol. The summed E-state index contributed by atoms with van der Waals surface area (Å²) >= 11 is 0. The van der Waals surface area contributed by atoms with E-state index in [-0.39, 0.29) is 22.7 Å². The molecular formula is C20H20F3N3O2. The quantitative estimate of drug-likeness (QED) is 0.852. The maximum absolute atomic E-state index is 12.8. The van der Waals surface area contributed by atoms with E-state index < -0.39 is 17.6 Å². The number of carbonyl (C=O) groups excluding carboxylic acids is 2. The van der Waals surface area contributed by atoms with E-state index in [4.69, 9.17) is 0 Å². The summed E-state index contributed by atoms with van der Waals surface area (Å²) in [5.41, 5.74) is -0.451. The number of nitrogens with zero attached hydrogens (tertiary/aromatic N) is 2. The molecule has 5 nitrogen and oxygen atoms in total. The molecule has 1 fully saturated rings. The summed E-state index contributed by atoms with van der Waals surface area (Å²) in [6, 6.07) is 5.78. The Morgan fingerprint density at radius 2 is 1.79 bits per heavy atom. The number of piperidine rings is 1. The molecule has 1 saturated heterocycles. The van der Waals surface area contributed by atoms with Gasteiger partial charge >= 0.3 is 6.18 Å². The molecule has 148 valence electrons. The fourth-order valence-electron chi connectivity index (χ4n) is 3.05. The number of alkyl halides is 3. The highest BCUT2D eigenvalue weighted by Crippen LogP contribution is 2.30. The van der Waals surface area contributed by atoms with E-state index in [0.717, 1.165) is 25.0 Å². The van der Waals surface area contributed by atoms with Crippen LogP contribution in [0.5, 0.6) is 0 Å². The zero-order valence-electron chi connectivity index (χ0n) is 15.3. The van der Waals surface area contributed by atoms with Crippen molar-refractivity contribution in [2.45, 2.75) is 25.9 Å². The minimum Gasteiger partial charge on any atom is -0.339 e. The molecule has 28 heavy (non-hydrogen) atoms. The van der Waals surface area contributed by atoms with Crippen LogP contribution in [0.3, 0.4) is 0 Å². The van der Waals surface area contributed by atoms with E-state index in [1.807, 2.05) is 0 Å². The first-order valence-electron chi connectivity index (χ1n) is 8.97. The first-order valence-corrected chi connectivity index (χ1v) is 8.97. The van der Waals surface area contributed by atoms with Gasteiger partial charge in [-0.15, -0.1) is 0 Å². The summed E-state index contributed by atoms with van der Waals surface area (Å²) < 4.78 is 38.4. The maximum atomic E-state index is 12.8. The van der Waals surface area contributed by atoms with Gasteiger partial charge in [-0.3, -0.25) is 14.6 Å². The number of halogens is 3. The molecule has 3 rings (SSSR count). The molecule has 0 radical (unpaired) electrons. The van der Waals surface area contributed by atoms with Crippen molar-refractivity contribution in [1.29, 1.82) is 0 Å². The van der Waals surface area contributed by atoms with Crippen LogP contribution in [0, 0.1) is 5.92 Å². The van der Waals surface area contributed by atoms with E-state index in [2.05, 4.69) is 17.2 Å². The molecule has 0 atom stereocenters. The van der Waals surface area contributed by atoms with Crippen LogP contribution in [0.1, 0.15) is 46.0 Å². The van der Waals surface area contributed by atoms with E-state index in [1.165, 1.54) is 30.6 Å². The highest BCUT2D eigenvalue weighted by Gasteiger charge is 2.30. The number of anilines is 1. The van der Waals surface area contributed by atoms with Gasteiger partial charge in [0.1, 0.15) is 0 Å². The van der Waals surface area contributed by atoms with E-state index in [9.17, 15) is 22.8 Å². The van der Waals surface area contributed by atoms with Crippen molar-refractivity contribution in [2.24, 2.45) is 5.92 Å². The number of pyridine rings is 1. The van der Waals surface area contributed by atoms with Gasteiger partial charge in [0, 0.05) is 31.2 Å². The Bertz CT molecular complexity index is 875. The average molecular weight is 391 g/mol. The van der Waals surface area contributed by atoms with Gasteiger partial charge in [-0.05, 0) is 43.0 Å². The standard InChI is InChI=1S/C20H20F3N3O2/c1-13-5-7-26(8-6-13)19(28)15-9-14(11-24-12-15)18(27)25-17-4-2-3-16(10-17)20(21,22)23/h2-4,9-13H,5-8H2,1H3,(H,25,27). The zero-order valence-corrected chi connectivity index (χ0v) is 15.3. The number of hydrogen-bond donors (Lipinski definition) is 1. The van der Waals surface area contributed by atoms with Crippen molar-refractivity contribution in [3.63, 3.8) is 0 Å². The number of likely N-dealkylation sites (tertiary alicyclic amines) is 1. The lowest BCUT2D eigenvalue weighted by atomic mass is 9.98. The van der Waals surface area contributed by atoms with Crippen molar-refractivity contribution in [1.82, 2.24) is 9.88 Å². The van der Waals surface area contributed by atoms with Crippen LogP contribution in [-0.4, -0.2) is 34.8 Å². The molecule has 8 heteroatoms. The summed E-state index contributed by atoms with van der Waals surface area (Å²) in [6.45, 7) is 3.45. The third-order valence-electron chi connectivity index (χ3n) is 4.77. The van der Waals surface area contributed by atoms with Gasteiger partial charge in [-0.1, -0.05) is 13.0 Å². The topological polar surface area (TPSA) is 62.3 Å². The van der Waals surface area contributed by atoms with Crippen LogP contribution in [0.15, 0.2) is 42.7 Å². The second-order valence-electron chi connectivity index (χ2n) is 6.97. The Kier molecular flexibility index (Phi) is 5.67. The molecule has 1 aromatic carbocycles. The third-order valence-corrected chi connectivity index (χ3v) is 4.77. The Hall–Kier alpha value is -2.90. The van der Waals surface area contributed by atoms with Gasteiger partial charge < -0.3 is 10.2 Å². The Morgan fingerprint density at radius 1 is 1.11 bits per heavy atom. The minimum atomic E-state index is -4.50. The highest BCUT2D eigenvalue weighted by atomic mass is 19.4. The van der Waals surface area contributed by atoms with Crippen LogP contribution in [-0.2, 0) is 6.18 Å². The van der Waals surface area contributed by atoms with Crippen molar-refractivity contribution in [2.75, 3.05) is 18.4 Å². The molecule has 2 aromatic rings. The molecule has 1 N–H and O–H groups in total. The number of aromatic nitrogens is 1. The van der Waals surface area contributed by atoms with Crippen LogP contribution < -0.4 is 5.32 Å². The lowest BCUT2D eigenvalue weighted by Crippen LogP contribution is -2.38. The van der Waals surface area contributed by atoms with E-state index >= 15 is 0 Å². The van der Waals surface area contributed by atoms with Gasteiger partial charge in [-0.2, -0.15) is 13.2 Å². The van der Waals surface area contributed by atoms with Crippen molar-refractivity contribution >= 4 is 17.5 Å². The summed E-state index contributed by atoms with van der Waals surface area (Å²) in [4.78, 5) is 30.7. The molecule has 0 unspecified atom stereocenters. The van der Waals surface area contributed by atoms with Crippen molar-refractivity contribution in [3.8, 4) is 0 Å². The first kappa shape index (κ1) is 19.9. The summed E-state index contributed by atoms with van der Waals surface area (Å²) in [5.74, 6) is -0.256. The van der Waals surface area contributed by atoms with Gasteiger partial charge in [0.2, 0.25) is 0 Å². The maximum Gasteiger partial charge on any atom is 0.416 e. The lowest BCUT2D eigenvalue weighted by molar-refractivity contribution is -0.137. The fraction of sp³-hybridized carbons (Fsp3) is 0.350. The van der Waals surface area contributed by atoms with Crippen molar-refractivity contribution in [3.05, 3.63) is 59.4 Å². The first-order chi connectivity index (χ1) is 13.2. The molecule has 0 saturated carbocycles. The number of nitrogens with one attached hydrogen (secondary N) is 1. The fourth-order valence-corrected chi connectivity index (χ4v) is 3.05. The molecule has 1 aromatic heterocycles. The number of benzene rings is 1. The molecular weight excluding hydrogens is 371 g/mol. The number of hydrogen-bond acceptors (Lipinski definition) is 3. The van der Waals surface area contributed by atoms with Crippen LogP contribution in [0.2, 0.25) is 0 Å². The Labute approximate surface area is 160 Å². The van der Waals surface area contributed by atoms with Crippen LogP contribution in [0.4, 0.5) is 18.9 Å². The van der Waals surface area contributed by atoms with Crippen LogP contribution >= 0.6 is 0 Å². The molecule has 1 aliphatic rings. The second-order valence-corrected chi connectivity index (χ2v) is 6.97. The van der Waals surface area contributed by atoms with Gasteiger partial charge in [0.15, 0.2) is 0 Å². The van der Waals surface area contributed by atoms with Gasteiger partial charge in [0.25, 0.3) is 11.8 Å². The van der Waals surface area contributed by atoms with Gasteiger partial charge in [0.05, 0.1) is 16.7 Å². The van der Waals surface area contributed by atoms with Crippen molar-refractivity contribution < 1.29 is 22.8 Å². The van der Waals surface area contributed by atoms with E-state index in [0.29, 0.717) is 19.0 Å². The molecule has 2 heterocycles. The number of rotatable bonds is 3. The SMILES string of the molecule is CC1CCN(C(=O)c2cncc(C(=O)Nc3cccc(C(F)(F)F)c3)c2)CC1. The van der Waals surface area contributed by atoms with E-state index in [1.54, 1.807) is 4.90 Å². The normalized spacial score (nSPS) is 15.4. The Balaban J connectivity index is 1.73. The predicted octanol–water partition coefficient (Wildman–Crippen LogP) is 4.22. The van der Waals surface area contributed by atoms with Crippen LogP contribution in [0.25, 0.3) is 0 Å². The van der Waals surface area contributed by atoms with Gasteiger partial charge in [-0.25, -0.2) is 0 Å². The minimum absolute atomic E-state index is 0.0153. The molecule has 0 spiro atoms. The summed E-state index contributed by atoms with van der Waals surface area (Å²) in [5, 5.41) is 2.42. The summed E-state index contributed by atoms with van der Waals surface area (Å²) in [7, 11) is 0. The molecule has 1 aliphatic heterocycles. The number of carbonyl (C=O) groups is 2. The Morgan fingerprint density at radius 3 is 2.46 bits per heavy atom. The lowest BCUT2D eigenvalue weighted by Gasteiger charge is -2.30. The highest BCUT2D eigenvalue weighted by molar-refractivity contribution is 6.05. The molecule has 0 bridgehead atoms. The zero-order chi connectivity index (χ0) is 20.3. The second kappa shape index (κ2) is 8.00. The predicted molar refractivity (Wildman–Crippen MR) is 97.9 cm³/mol. The molecule has 2 amide bonds. The average Bonchev–Trinajstić information content (AvgIpc) is 2.67. The molecule has 0 aliphatic carbocycles. The largest absolute Gasteiger partial charge is 0.416 e. The third kappa shape index (κ3) is 4.68.